The second-order valence-corrected chi connectivity index (χ2v) is 7.25. The molecule has 1 fully saturated rings. The Morgan fingerprint density at radius 1 is 1.21 bits per heavy atom. The zero-order chi connectivity index (χ0) is 16.9. The second-order valence-electron chi connectivity index (χ2n) is 7.25. The first-order valence-corrected chi connectivity index (χ1v) is 8.65. The lowest BCUT2D eigenvalue weighted by atomic mass is 9.70. The first-order chi connectivity index (χ1) is 11.6. The van der Waals surface area contributed by atoms with E-state index in [9.17, 15) is 15.3 Å². The van der Waals surface area contributed by atoms with E-state index in [4.69, 9.17) is 0 Å². The molecule has 1 aliphatic carbocycles. The number of para-hydroxylation sites is 1. The highest BCUT2D eigenvalue weighted by molar-refractivity contribution is 6.35. The van der Waals surface area contributed by atoms with Crippen LogP contribution in [0.4, 0.5) is 5.69 Å². The quantitative estimate of drug-likeness (QED) is 0.535. The van der Waals surface area contributed by atoms with Crippen LogP contribution in [0.1, 0.15) is 62.5 Å². The summed E-state index contributed by atoms with van der Waals surface area (Å²) in [6.45, 7) is 2.23. The Hall–Kier alpha value is -2.59. The minimum atomic E-state index is -0.149. The van der Waals surface area contributed by atoms with Crippen LogP contribution in [0.15, 0.2) is 23.8 Å². The summed E-state index contributed by atoms with van der Waals surface area (Å²) in [6.07, 6.45) is 6.48. The van der Waals surface area contributed by atoms with Crippen molar-refractivity contribution in [3.05, 3.63) is 34.9 Å². The molecule has 0 unspecified atom stereocenters. The Bertz CT molecular complexity index is 831. The molecule has 1 amide bonds. The van der Waals surface area contributed by atoms with Crippen molar-refractivity contribution >= 4 is 17.2 Å². The van der Waals surface area contributed by atoms with Gasteiger partial charge in [0.05, 0.1) is 11.3 Å². The predicted molar refractivity (Wildman–Crippen MR) is 90.9 cm³/mol. The summed E-state index contributed by atoms with van der Waals surface area (Å²) < 4.78 is 0. The number of carbonyl (C=O) groups excluding carboxylic acids is 1. The Balaban J connectivity index is 2.01. The first-order valence-electron chi connectivity index (χ1n) is 8.65. The predicted octanol–water partition coefficient (Wildman–Crippen LogP) is 4.04. The molecule has 0 radical (unpaired) electrons. The number of nitrogens with zero attached hydrogens (tertiary/aromatic N) is 3. The van der Waals surface area contributed by atoms with Gasteiger partial charge in [-0.2, -0.15) is 10.5 Å². The first kappa shape index (κ1) is 15.0. The maximum atomic E-state index is 13.3. The van der Waals surface area contributed by atoms with E-state index in [1.54, 1.807) is 0 Å². The lowest BCUT2D eigenvalue weighted by molar-refractivity contribution is -0.114. The van der Waals surface area contributed by atoms with Crippen molar-refractivity contribution in [2.75, 3.05) is 4.90 Å². The van der Waals surface area contributed by atoms with E-state index in [1.807, 2.05) is 29.2 Å². The maximum Gasteiger partial charge on any atom is 0.261 e. The molecule has 4 rings (SSSR count). The zero-order valence-corrected chi connectivity index (χ0v) is 13.8. The standard InChI is InChI=1S/C20H19N3O/c1-13-10-20(8-3-2-4-9-20)23-18-15(13)6-5-7-16(18)17(19(23)24)14(11-21)12-22/h5-7,13H,2-4,8-10H2,1H3/t13-/m1/s1. The normalized spacial score (nSPS) is 23.6. The van der Waals surface area contributed by atoms with Crippen molar-refractivity contribution in [1.82, 2.24) is 0 Å². The number of benzene rings is 1. The molecule has 0 aromatic heterocycles. The molecule has 2 aliphatic heterocycles. The van der Waals surface area contributed by atoms with E-state index in [0.29, 0.717) is 11.5 Å². The van der Waals surface area contributed by atoms with Gasteiger partial charge in [-0.15, -0.1) is 0 Å². The van der Waals surface area contributed by atoms with Gasteiger partial charge in [-0.05, 0) is 30.7 Å². The van der Waals surface area contributed by atoms with E-state index in [0.717, 1.165) is 43.4 Å². The van der Waals surface area contributed by atoms with Gasteiger partial charge >= 0.3 is 0 Å². The van der Waals surface area contributed by atoms with Crippen LogP contribution in [-0.4, -0.2) is 11.4 Å². The van der Waals surface area contributed by atoms with Gasteiger partial charge < -0.3 is 4.90 Å². The Morgan fingerprint density at radius 3 is 2.58 bits per heavy atom. The monoisotopic (exact) mass is 317 g/mol. The number of hydrogen-bond donors (Lipinski definition) is 0. The molecule has 0 saturated heterocycles. The van der Waals surface area contributed by atoms with Crippen LogP contribution in [0.5, 0.6) is 0 Å². The Kier molecular flexibility index (Phi) is 3.25. The summed E-state index contributed by atoms with van der Waals surface area (Å²) in [5.74, 6) is 0.235. The van der Waals surface area contributed by atoms with Crippen LogP contribution in [0.25, 0.3) is 5.57 Å². The highest BCUT2D eigenvalue weighted by Crippen LogP contribution is 2.55. The fraction of sp³-hybridized carbons (Fsp3) is 0.450. The molecule has 1 saturated carbocycles. The number of nitriles is 2. The average Bonchev–Trinajstić information content (AvgIpc) is 2.89. The van der Waals surface area contributed by atoms with Gasteiger partial charge in [0, 0.05) is 11.1 Å². The van der Waals surface area contributed by atoms with Crippen molar-refractivity contribution in [1.29, 1.82) is 10.5 Å². The molecular weight excluding hydrogens is 298 g/mol. The molecule has 1 atom stereocenters. The van der Waals surface area contributed by atoms with Crippen molar-refractivity contribution in [2.24, 2.45) is 0 Å². The molecule has 4 nitrogen and oxygen atoms in total. The van der Waals surface area contributed by atoms with Crippen molar-refractivity contribution in [3.63, 3.8) is 0 Å². The van der Waals surface area contributed by atoms with Crippen molar-refractivity contribution in [2.45, 2.75) is 56.9 Å². The number of hydrogen-bond acceptors (Lipinski definition) is 3. The summed E-state index contributed by atoms with van der Waals surface area (Å²) in [5.41, 5.74) is 2.99. The summed E-state index contributed by atoms with van der Waals surface area (Å²) in [7, 11) is 0. The van der Waals surface area contributed by atoms with E-state index in [-0.39, 0.29) is 17.0 Å². The van der Waals surface area contributed by atoms with Crippen molar-refractivity contribution < 1.29 is 4.79 Å². The topological polar surface area (TPSA) is 67.9 Å². The number of fused-ring (bicyclic) bond motifs is 1. The van der Waals surface area contributed by atoms with Crippen LogP contribution in [-0.2, 0) is 4.79 Å². The van der Waals surface area contributed by atoms with Gasteiger partial charge in [0.25, 0.3) is 5.91 Å². The smallest absolute Gasteiger partial charge is 0.261 e. The fourth-order valence-electron chi connectivity index (χ4n) is 4.98. The zero-order valence-electron chi connectivity index (χ0n) is 13.8. The molecule has 0 N–H and O–H groups in total. The SMILES string of the molecule is C[C@@H]1CC2(CCCCC2)N2C(=O)C(=C(C#N)C#N)c3cccc1c32. The Labute approximate surface area is 142 Å². The fourth-order valence-corrected chi connectivity index (χ4v) is 4.98. The van der Waals surface area contributed by atoms with E-state index in [1.165, 1.54) is 12.0 Å². The minimum absolute atomic E-state index is 0.0681. The molecule has 0 bridgehead atoms. The van der Waals surface area contributed by atoms with Crippen LogP contribution in [0.3, 0.4) is 0 Å². The largest absolute Gasteiger partial charge is 0.301 e. The van der Waals surface area contributed by atoms with Gasteiger partial charge in [0.1, 0.15) is 17.7 Å². The van der Waals surface area contributed by atoms with Crippen LogP contribution in [0, 0.1) is 22.7 Å². The number of anilines is 1. The third-order valence-electron chi connectivity index (χ3n) is 5.93. The van der Waals surface area contributed by atoms with Gasteiger partial charge in [0.15, 0.2) is 0 Å². The molecule has 1 spiro atoms. The molecule has 4 heteroatoms. The van der Waals surface area contributed by atoms with Crippen LogP contribution >= 0.6 is 0 Å². The molecule has 3 aliphatic rings. The van der Waals surface area contributed by atoms with Crippen LogP contribution < -0.4 is 4.90 Å². The average molecular weight is 317 g/mol. The maximum absolute atomic E-state index is 13.3. The van der Waals surface area contributed by atoms with Crippen LogP contribution in [0.2, 0.25) is 0 Å². The molecule has 2 heterocycles. The Morgan fingerprint density at radius 2 is 1.92 bits per heavy atom. The van der Waals surface area contributed by atoms with E-state index >= 15 is 0 Å². The molecule has 120 valence electrons. The second kappa shape index (κ2) is 5.21. The van der Waals surface area contributed by atoms with Gasteiger partial charge in [-0.3, -0.25) is 4.79 Å². The number of carbonyl (C=O) groups is 1. The highest BCUT2D eigenvalue weighted by atomic mass is 16.2. The molecule has 24 heavy (non-hydrogen) atoms. The third-order valence-corrected chi connectivity index (χ3v) is 5.93. The highest BCUT2D eigenvalue weighted by Gasteiger charge is 2.52. The summed E-state index contributed by atoms with van der Waals surface area (Å²) in [6, 6.07) is 9.75. The minimum Gasteiger partial charge on any atom is -0.301 e. The van der Waals surface area contributed by atoms with Gasteiger partial charge in [-0.25, -0.2) is 0 Å². The van der Waals surface area contributed by atoms with Crippen molar-refractivity contribution in [3.8, 4) is 12.1 Å². The number of rotatable bonds is 0. The molecule has 1 aromatic carbocycles. The number of allylic oxidation sites excluding steroid dienone is 1. The lowest BCUT2D eigenvalue weighted by Gasteiger charge is -2.50. The number of amides is 1. The van der Waals surface area contributed by atoms with Gasteiger partial charge in [0.2, 0.25) is 0 Å². The summed E-state index contributed by atoms with van der Waals surface area (Å²) >= 11 is 0. The lowest BCUT2D eigenvalue weighted by Crippen LogP contribution is -2.54. The third kappa shape index (κ3) is 1.80. The molecular formula is C20H19N3O. The summed E-state index contributed by atoms with van der Waals surface area (Å²) in [4.78, 5) is 15.2. The summed E-state index contributed by atoms with van der Waals surface area (Å²) in [5, 5.41) is 18.7. The van der Waals surface area contributed by atoms with Gasteiger partial charge in [-0.1, -0.05) is 44.4 Å². The molecule has 1 aromatic rings. The van der Waals surface area contributed by atoms with E-state index in [2.05, 4.69) is 13.0 Å². The van der Waals surface area contributed by atoms with E-state index < -0.39 is 0 Å².